The molecular formula is C25H32N6O2. The van der Waals surface area contributed by atoms with Crippen LogP contribution in [0, 0.1) is 0 Å². The molecule has 1 fully saturated rings. The Labute approximate surface area is 194 Å². The van der Waals surface area contributed by atoms with Crippen LogP contribution in [-0.2, 0) is 20.0 Å². The lowest BCUT2D eigenvalue weighted by molar-refractivity contribution is 0.0722. The highest BCUT2D eigenvalue weighted by molar-refractivity contribution is 5.99. The fraction of sp³-hybridized carbons (Fsp3) is 0.480. The number of likely N-dealkylation sites (tertiary alicyclic amines) is 1. The maximum Gasteiger partial charge on any atom is 0.270 e. The summed E-state index contributed by atoms with van der Waals surface area (Å²) in [6.45, 7) is 3.26. The summed E-state index contributed by atoms with van der Waals surface area (Å²) in [7, 11) is 7.66. The van der Waals surface area contributed by atoms with Crippen molar-refractivity contribution >= 4 is 22.6 Å². The van der Waals surface area contributed by atoms with Gasteiger partial charge in [0.1, 0.15) is 23.1 Å². The van der Waals surface area contributed by atoms with Crippen LogP contribution in [0.3, 0.4) is 0 Å². The predicted molar refractivity (Wildman–Crippen MR) is 129 cm³/mol. The number of piperidine rings is 1. The van der Waals surface area contributed by atoms with Crippen molar-refractivity contribution in [1.82, 2.24) is 24.3 Å². The van der Waals surface area contributed by atoms with E-state index in [1.807, 2.05) is 47.8 Å². The normalized spacial score (nSPS) is 18.9. The van der Waals surface area contributed by atoms with Crippen molar-refractivity contribution < 1.29 is 9.53 Å². The fourth-order valence-electron chi connectivity index (χ4n) is 5.19. The second-order valence-electron chi connectivity index (χ2n) is 9.20. The molecule has 5 rings (SSSR count). The Morgan fingerprint density at radius 3 is 2.79 bits per heavy atom. The largest absolute Gasteiger partial charge is 0.497 e. The fourth-order valence-corrected chi connectivity index (χ4v) is 5.19. The predicted octanol–water partition coefficient (Wildman–Crippen LogP) is 3.03. The van der Waals surface area contributed by atoms with Gasteiger partial charge < -0.3 is 24.4 Å². The van der Waals surface area contributed by atoms with E-state index in [0.717, 1.165) is 71.9 Å². The minimum Gasteiger partial charge on any atom is -0.497 e. The van der Waals surface area contributed by atoms with E-state index in [2.05, 4.69) is 17.3 Å². The lowest BCUT2D eigenvalue weighted by atomic mass is 9.96. The minimum atomic E-state index is 0.0295. The van der Waals surface area contributed by atoms with E-state index in [4.69, 9.17) is 14.7 Å². The summed E-state index contributed by atoms with van der Waals surface area (Å²) in [4.78, 5) is 27.7. The quantitative estimate of drug-likeness (QED) is 0.661. The summed E-state index contributed by atoms with van der Waals surface area (Å²) in [5.74, 6) is 2.96. The molecule has 2 aromatic heterocycles. The maximum absolute atomic E-state index is 13.5. The molecule has 33 heavy (non-hydrogen) atoms. The highest BCUT2D eigenvalue weighted by Crippen LogP contribution is 2.31. The van der Waals surface area contributed by atoms with Crippen molar-refractivity contribution in [2.45, 2.75) is 31.7 Å². The molecule has 3 aromatic rings. The number of nitrogens with one attached hydrogen (secondary N) is 1. The SMILES string of the molecule is CNc1nc([C@H]2CCCN(C)C2)nc2c1CCN(C(=O)c1cc3ccc(OC)cc3n1C)C2. The molecule has 174 valence electrons. The van der Waals surface area contributed by atoms with E-state index in [9.17, 15) is 4.79 Å². The van der Waals surface area contributed by atoms with E-state index in [1.165, 1.54) is 0 Å². The van der Waals surface area contributed by atoms with Crippen LogP contribution in [-0.4, -0.2) is 71.1 Å². The first kappa shape index (κ1) is 21.7. The van der Waals surface area contributed by atoms with Crippen LogP contribution < -0.4 is 10.1 Å². The van der Waals surface area contributed by atoms with E-state index in [1.54, 1.807) is 7.11 Å². The Bertz CT molecular complexity index is 1200. The van der Waals surface area contributed by atoms with Crippen molar-refractivity contribution in [3.05, 3.63) is 47.0 Å². The van der Waals surface area contributed by atoms with Crippen LogP contribution in [0.15, 0.2) is 24.3 Å². The molecular weight excluding hydrogens is 416 g/mol. The minimum absolute atomic E-state index is 0.0295. The van der Waals surface area contributed by atoms with Crippen LogP contribution in [0.2, 0.25) is 0 Å². The van der Waals surface area contributed by atoms with Crippen molar-refractivity contribution in [3.63, 3.8) is 0 Å². The first-order chi connectivity index (χ1) is 16.0. The molecule has 0 saturated carbocycles. The van der Waals surface area contributed by atoms with Gasteiger partial charge in [-0.25, -0.2) is 9.97 Å². The molecule has 1 atom stereocenters. The first-order valence-corrected chi connectivity index (χ1v) is 11.7. The monoisotopic (exact) mass is 448 g/mol. The zero-order chi connectivity index (χ0) is 23.1. The summed E-state index contributed by atoms with van der Waals surface area (Å²) < 4.78 is 7.32. The Hall–Kier alpha value is -3.13. The molecule has 0 unspecified atom stereocenters. The molecule has 0 bridgehead atoms. The Morgan fingerprint density at radius 2 is 2.03 bits per heavy atom. The van der Waals surface area contributed by atoms with Gasteiger partial charge in [0, 0.05) is 50.1 Å². The molecule has 0 spiro atoms. The van der Waals surface area contributed by atoms with Gasteiger partial charge in [0.2, 0.25) is 0 Å². The van der Waals surface area contributed by atoms with Gasteiger partial charge in [-0.05, 0) is 51.1 Å². The van der Waals surface area contributed by atoms with Crippen LogP contribution in [0.5, 0.6) is 5.75 Å². The van der Waals surface area contributed by atoms with Gasteiger partial charge in [-0.1, -0.05) is 0 Å². The lowest BCUT2D eigenvalue weighted by Gasteiger charge is -2.32. The van der Waals surface area contributed by atoms with Gasteiger partial charge in [0.05, 0.1) is 24.9 Å². The zero-order valence-electron chi connectivity index (χ0n) is 19.9. The van der Waals surface area contributed by atoms with E-state index in [0.29, 0.717) is 24.7 Å². The number of hydrogen-bond donors (Lipinski definition) is 1. The molecule has 1 amide bonds. The van der Waals surface area contributed by atoms with E-state index in [-0.39, 0.29) is 5.91 Å². The summed E-state index contributed by atoms with van der Waals surface area (Å²) in [6.07, 6.45) is 3.02. The number of rotatable bonds is 4. The summed E-state index contributed by atoms with van der Waals surface area (Å²) in [5.41, 5.74) is 3.77. The number of carbonyl (C=O) groups is 1. The van der Waals surface area contributed by atoms with Gasteiger partial charge in [0.15, 0.2) is 0 Å². The number of amides is 1. The number of nitrogens with zero attached hydrogens (tertiary/aromatic N) is 5. The third kappa shape index (κ3) is 3.93. The average Bonchev–Trinajstić information content (AvgIpc) is 3.18. The highest BCUT2D eigenvalue weighted by Gasteiger charge is 2.29. The van der Waals surface area contributed by atoms with Gasteiger partial charge >= 0.3 is 0 Å². The zero-order valence-corrected chi connectivity index (χ0v) is 19.9. The number of aromatic nitrogens is 3. The van der Waals surface area contributed by atoms with Gasteiger partial charge in [-0.15, -0.1) is 0 Å². The smallest absolute Gasteiger partial charge is 0.270 e. The number of ether oxygens (including phenoxy) is 1. The van der Waals surface area contributed by atoms with E-state index >= 15 is 0 Å². The maximum atomic E-state index is 13.5. The summed E-state index contributed by atoms with van der Waals surface area (Å²) >= 11 is 0. The lowest BCUT2D eigenvalue weighted by Crippen LogP contribution is -2.38. The van der Waals surface area contributed by atoms with Crippen molar-refractivity contribution in [2.75, 3.05) is 46.2 Å². The number of aryl methyl sites for hydroxylation is 1. The molecule has 1 saturated heterocycles. The number of methoxy groups -OCH3 is 1. The van der Waals surface area contributed by atoms with Gasteiger partial charge in [-0.2, -0.15) is 0 Å². The molecule has 1 aromatic carbocycles. The summed E-state index contributed by atoms with van der Waals surface area (Å²) in [6, 6.07) is 7.86. The van der Waals surface area contributed by atoms with Crippen LogP contribution in [0.1, 0.15) is 46.3 Å². The number of carbonyl (C=O) groups excluding carboxylic acids is 1. The molecule has 8 heteroatoms. The second-order valence-corrected chi connectivity index (χ2v) is 9.20. The molecule has 8 nitrogen and oxygen atoms in total. The van der Waals surface area contributed by atoms with Crippen LogP contribution >= 0.6 is 0 Å². The van der Waals surface area contributed by atoms with Crippen molar-refractivity contribution in [1.29, 1.82) is 0 Å². The molecule has 2 aliphatic rings. The second kappa shape index (κ2) is 8.67. The number of benzene rings is 1. The number of hydrogen-bond acceptors (Lipinski definition) is 6. The number of fused-ring (bicyclic) bond motifs is 2. The standard InChI is InChI=1S/C25H32N6O2/c1-26-24-19-9-11-31(15-20(19)27-23(28-24)17-6-5-10-29(2)14-17)25(32)22-12-16-7-8-18(33-4)13-21(16)30(22)3/h7-8,12-13,17H,5-6,9-11,14-15H2,1-4H3,(H,26,27,28)/t17-/m0/s1. The third-order valence-electron chi connectivity index (χ3n) is 7.07. The molecule has 0 aliphatic carbocycles. The molecule has 1 N–H and O–H groups in total. The molecule has 4 heterocycles. The van der Waals surface area contributed by atoms with Gasteiger partial charge in [0.25, 0.3) is 5.91 Å². The van der Waals surface area contributed by atoms with Crippen molar-refractivity contribution in [2.24, 2.45) is 7.05 Å². The number of likely N-dealkylation sites (N-methyl/N-ethyl adjacent to an activating group) is 1. The van der Waals surface area contributed by atoms with Crippen LogP contribution in [0.25, 0.3) is 10.9 Å². The Kier molecular flexibility index (Phi) is 5.70. The Morgan fingerprint density at radius 1 is 1.18 bits per heavy atom. The topological polar surface area (TPSA) is 75.5 Å². The van der Waals surface area contributed by atoms with Crippen LogP contribution in [0.4, 0.5) is 5.82 Å². The van der Waals surface area contributed by atoms with Crippen molar-refractivity contribution in [3.8, 4) is 5.75 Å². The average molecular weight is 449 g/mol. The first-order valence-electron chi connectivity index (χ1n) is 11.7. The summed E-state index contributed by atoms with van der Waals surface area (Å²) in [5, 5.41) is 4.31. The molecule has 2 aliphatic heterocycles. The highest BCUT2D eigenvalue weighted by atomic mass is 16.5. The van der Waals surface area contributed by atoms with E-state index < -0.39 is 0 Å². The third-order valence-corrected chi connectivity index (χ3v) is 7.07. The van der Waals surface area contributed by atoms with Gasteiger partial charge in [-0.3, -0.25) is 4.79 Å². The molecule has 0 radical (unpaired) electrons. The Balaban J connectivity index is 1.44. The number of anilines is 1.